The molecule has 0 unspecified atom stereocenters. The molecule has 1 aromatic rings. The Hall–Kier alpha value is -1.31. The average molecular weight is 259 g/mol. The van der Waals surface area contributed by atoms with Crippen LogP contribution in [-0.2, 0) is 4.79 Å². The quantitative estimate of drug-likeness (QED) is 0.779. The molecule has 2 heteroatoms. The Bertz CT molecular complexity index is 404. The normalized spacial score (nSPS) is 16.3. The number of amides is 1. The highest BCUT2D eigenvalue weighted by molar-refractivity contribution is 5.93. The van der Waals surface area contributed by atoms with Crippen LogP contribution in [0.1, 0.15) is 63.9 Å². The molecule has 2 rings (SSSR count). The van der Waals surface area contributed by atoms with Gasteiger partial charge in [0.05, 0.1) is 0 Å². The minimum Gasteiger partial charge on any atom is -0.313 e. The first-order valence-electron chi connectivity index (χ1n) is 7.66. The molecule has 19 heavy (non-hydrogen) atoms. The maximum Gasteiger partial charge on any atom is 0.226 e. The van der Waals surface area contributed by atoms with Crippen LogP contribution in [0.4, 0.5) is 5.69 Å². The van der Waals surface area contributed by atoms with Gasteiger partial charge in [0.15, 0.2) is 0 Å². The zero-order chi connectivity index (χ0) is 13.7. The van der Waals surface area contributed by atoms with Crippen molar-refractivity contribution in [1.29, 1.82) is 0 Å². The molecule has 0 aromatic heterocycles. The zero-order valence-electron chi connectivity index (χ0n) is 12.2. The second-order valence-corrected chi connectivity index (χ2v) is 5.42. The fraction of sp³-hybridized carbons (Fsp3) is 0.588. The summed E-state index contributed by atoms with van der Waals surface area (Å²) in [5.41, 5.74) is 2.48. The molecule has 0 aliphatic heterocycles. The molecule has 0 bridgehead atoms. The SMILES string of the molecule is CCC(=O)N(CC)c1ccc(C2CCCCC2)cc1. The van der Waals surface area contributed by atoms with Crippen molar-refractivity contribution in [2.75, 3.05) is 11.4 Å². The molecule has 1 aliphatic carbocycles. The first-order valence-corrected chi connectivity index (χ1v) is 7.66. The number of nitrogens with zero attached hydrogens (tertiary/aromatic N) is 1. The number of benzene rings is 1. The molecule has 1 aromatic carbocycles. The lowest BCUT2D eigenvalue weighted by Crippen LogP contribution is -2.29. The summed E-state index contributed by atoms with van der Waals surface area (Å²) in [5, 5.41) is 0. The van der Waals surface area contributed by atoms with Crippen LogP contribution in [0.3, 0.4) is 0 Å². The van der Waals surface area contributed by atoms with Crippen molar-refractivity contribution in [1.82, 2.24) is 0 Å². The number of carbonyl (C=O) groups is 1. The van der Waals surface area contributed by atoms with Crippen LogP contribution in [0.25, 0.3) is 0 Å². The van der Waals surface area contributed by atoms with E-state index < -0.39 is 0 Å². The highest BCUT2D eigenvalue weighted by Gasteiger charge is 2.16. The molecule has 0 spiro atoms. The molecule has 2 nitrogen and oxygen atoms in total. The Morgan fingerprint density at radius 1 is 1.11 bits per heavy atom. The van der Waals surface area contributed by atoms with Gasteiger partial charge in [-0.05, 0) is 43.4 Å². The molecule has 1 saturated carbocycles. The van der Waals surface area contributed by atoms with E-state index >= 15 is 0 Å². The number of carbonyl (C=O) groups excluding carboxylic acids is 1. The van der Waals surface area contributed by atoms with Gasteiger partial charge in [0.25, 0.3) is 0 Å². The summed E-state index contributed by atoms with van der Waals surface area (Å²) in [6.45, 7) is 4.69. The Morgan fingerprint density at radius 2 is 1.74 bits per heavy atom. The van der Waals surface area contributed by atoms with Crippen molar-refractivity contribution in [2.45, 2.75) is 58.3 Å². The summed E-state index contributed by atoms with van der Waals surface area (Å²) in [7, 11) is 0. The van der Waals surface area contributed by atoms with Gasteiger partial charge in [-0.25, -0.2) is 0 Å². The second-order valence-electron chi connectivity index (χ2n) is 5.42. The van der Waals surface area contributed by atoms with E-state index in [2.05, 4.69) is 24.3 Å². The van der Waals surface area contributed by atoms with E-state index in [-0.39, 0.29) is 5.91 Å². The zero-order valence-corrected chi connectivity index (χ0v) is 12.2. The van der Waals surface area contributed by atoms with Crippen LogP contribution in [0.2, 0.25) is 0 Å². The summed E-state index contributed by atoms with van der Waals surface area (Å²) in [4.78, 5) is 13.7. The second kappa shape index (κ2) is 6.74. The van der Waals surface area contributed by atoms with Crippen LogP contribution < -0.4 is 4.90 Å². The largest absolute Gasteiger partial charge is 0.313 e. The highest BCUT2D eigenvalue weighted by atomic mass is 16.2. The fourth-order valence-corrected chi connectivity index (χ4v) is 3.06. The summed E-state index contributed by atoms with van der Waals surface area (Å²) in [5.74, 6) is 0.938. The summed E-state index contributed by atoms with van der Waals surface area (Å²) >= 11 is 0. The van der Waals surface area contributed by atoms with Crippen molar-refractivity contribution in [3.8, 4) is 0 Å². The molecule has 0 N–H and O–H groups in total. The van der Waals surface area contributed by atoms with Crippen molar-refractivity contribution >= 4 is 11.6 Å². The molecule has 0 atom stereocenters. The molecule has 1 fully saturated rings. The summed E-state index contributed by atoms with van der Waals surface area (Å²) in [6, 6.07) is 8.66. The fourth-order valence-electron chi connectivity index (χ4n) is 3.06. The van der Waals surface area contributed by atoms with Crippen LogP contribution in [0.5, 0.6) is 0 Å². The van der Waals surface area contributed by atoms with Gasteiger partial charge >= 0.3 is 0 Å². The van der Waals surface area contributed by atoms with Gasteiger partial charge in [0.2, 0.25) is 5.91 Å². The summed E-state index contributed by atoms with van der Waals surface area (Å²) < 4.78 is 0. The number of hydrogen-bond acceptors (Lipinski definition) is 1. The van der Waals surface area contributed by atoms with Gasteiger partial charge in [-0.3, -0.25) is 4.79 Å². The molecule has 1 amide bonds. The average Bonchev–Trinajstić information content (AvgIpc) is 2.49. The Kier molecular flexibility index (Phi) is 5.00. The van der Waals surface area contributed by atoms with Crippen LogP contribution in [-0.4, -0.2) is 12.5 Å². The monoisotopic (exact) mass is 259 g/mol. The molecule has 0 saturated heterocycles. The van der Waals surface area contributed by atoms with Gasteiger partial charge in [-0.15, -0.1) is 0 Å². The first-order chi connectivity index (χ1) is 9.26. The van der Waals surface area contributed by atoms with Gasteiger partial charge < -0.3 is 4.90 Å². The maximum absolute atomic E-state index is 11.9. The highest BCUT2D eigenvalue weighted by Crippen LogP contribution is 2.33. The van der Waals surface area contributed by atoms with Crippen LogP contribution >= 0.6 is 0 Å². The number of anilines is 1. The third-order valence-corrected chi connectivity index (χ3v) is 4.20. The lowest BCUT2D eigenvalue weighted by Gasteiger charge is -2.24. The van der Waals surface area contributed by atoms with E-state index in [1.165, 1.54) is 37.7 Å². The molecule has 104 valence electrons. The number of rotatable bonds is 4. The molecule has 0 radical (unpaired) electrons. The van der Waals surface area contributed by atoms with E-state index in [0.717, 1.165) is 18.2 Å². The molecule has 1 aliphatic rings. The smallest absolute Gasteiger partial charge is 0.226 e. The lowest BCUT2D eigenvalue weighted by atomic mass is 9.84. The van der Waals surface area contributed by atoms with E-state index in [1.807, 2.05) is 18.7 Å². The van der Waals surface area contributed by atoms with Gasteiger partial charge in [0, 0.05) is 18.7 Å². The maximum atomic E-state index is 11.9. The predicted molar refractivity (Wildman–Crippen MR) is 80.6 cm³/mol. The van der Waals surface area contributed by atoms with E-state index in [0.29, 0.717) is 6.42 Å². The standard InChI is InChI=1S/C17H25NO/c1-3-17(19)18(4-2)16-12-10-15(11-13-16)14-8-6-5-7-9-14/h10-14H,3-9H2,1-2H3. The molecular formula is C17H25NO. The Balaban J connectivity index is 2.10. The van der Waals surface area contributed by atoms with E-state index in [1.54, 1.807) is 0 Å². The van der Waals surface area contributed by atoms with E-state index in [9.17, 15) is 4.79 Å². The van der Waals surface area contributed by atoms with Crippen molar-refractivity contribution < 1.29 is 4.79 Å². The molecular weight excluding hydrogens is 234 g/mol. The van der Waals surface area contributed by atoms with Gasteiger partial charge in [-0.2, -0.15) is 0 Å². The predicted octanol–water partition coefficient (Wildman–Crippen LogP) is 4.50. The third kappa shape index (κ3) is 3.37. The van der Waals surface area contributed by atoms with E-state index in [4.69, 9.17) is 0 Å². The third-order valence-electron chi connectivity index (χ3n) is 4.20. The lowest BCUT2D eigenvalue weighted by molar-refractivity contribution is -0.118. The van der Waals surface area contributed by atoms with Gasteiger partial charge in [-0.1, -0.05) is 38.3 Å². The van der Waals surface area contributed by atoms with Gasteiger partial charge in [0.1, 0.15) is 0 Å². The van der Waals surface area contributed by atoms with Crippen molar-refractivity contribution in [3.05, 3.63) is 29.8 Å². The number of hydrogen-bond donors (Lipinski definition) is 0. The Morgan fingerprint density at radius 3 is 2.26 bits per heavy atom. The van der Waals surface area contributed by atoms with Crippen LogP contribution in [0.15, 0.2) is 24.3 Å². The first kappa shape index (κ1) is 14.1. The molecule has 0 heterocycles. The Labute approximate surface area is 116 Å². The minimum absolute atomic E-state index is 0.202. The summed E-state index contributed by atoms with van der Waals surface area (Å²) in [6.07, 6.45) is 7.33. The van der Waals surface area contributed by atoms with Crippen molar-refractivity contribution in [2.24, 2.45) is 0 Å². The van der Waals surface area contributed by atoms with Crippen molar-refractivity contribution in [3.63, 3.8) is 0 Å². The van der Waals surface area contributed by atoms with Crippen LogP contribution in [0, 0.1) is 0 Å². The minimum atomic E-state index is 0.202. The topological polar surface area (TPSA) is 20.3 Å².